The summed E-state index contributed by atoms with van der Waals surface area (Å²) in [5.41, 5.74) is 0.408. The number of hydrogen-bond acceptors (Lipinski definition) is 2. The lowest BCUT2D eigenvalue weighted by Crippen LogP contribution is -2.46. The van der Waals surface area contributed by atoms with E-state index in [1.54, 1.807) is 0 Å². The van der Waals surface area contributed by atoms with Crippen LogP contribution in [-0.2, 0) is 4.79 Å². The van der Waals surface area contributed by atoms with Crippen LogP contribution in [0.1, 0.15) is 51.4 Å². The Labute approximate surface area is 122 Å². The molecular formula is C17H28N2O. The van der Waals surface area contributed by atoms with E-state index in [1.807, 2.05) is 0 Å². The molecule has 112 valence electrons. The van der Waals surface area contributed by atoms with E-state index in [-0.39, 0.29) is 0 Å². The number of nitrogens with one attached hydrogen (secondary N) is 1. The average molecular weight is 276 g/mol. The zero-order chi connectivity index (χ0) is 13.6. The van der Waals surface area contributed by atoms with Crippen molar-refractivity contribution in [1.82, 2.24) is 10.2 Å². The molecule has 1 N–H and O–H groups in total. The average Bonchev–Trinajstić information content (AvgIpc) is 3.20. The molecule has 3 nitrogen and oxygen atoms in total. The van der Waals surface area contributed by atoms with Gasteiger partial charge in [-0.3, -0.25) is 4.79 Å². The predicted octanol–water partition coefficient (Wildman–Crippen LogP) is 2.41. The largest absolute Gasteiger partial charge is 0.342 e. The third-order valence-corrected chi connectivity index (χ3v) is 6.69. The molecule has 3 atom stereocenters. The highest BCUT2D eigenvalue weighted by Gasteiger charge is 2.58. The third-order valence-electron chi connectivity index (χ3n) is 6.69. The van der Waals surface area contributed by atoms with Crippen molar-refractivity contribution in [3.05, 3.63) is 0 Å². The highest BCUT2D eigenvalue weighted by molar-refractivity contribution is 5.83. The van der Waals surface area contributed by atoms with Gasteiger partial charge >= 0.3 is 0 Å². The molecule has 2 saturated heterocycles. The molecule has 2 saturated carbocycles. The van der Waals surface area contributed by atoms with Crippen molar-refractivity contribution in [1.29, 1.82) is 0 Å². The Balaban J connectivity index is 1.37. The SMILES string of the molecule is O=C(C1CC12CCNCC2)N1CCC2CCCCC2C1. The number of nitrogens with zero attached hydrogens (tertiary/aromatic N) is 1. The van der Waals surface area contributed by atoms with Gasteiger partial charge in [0.15, 0.2) is 0 Å². The Hall–Kier alpha value is -0.570. The van der Waals surface area contributed by atoms with Gasteiger partial charge in [0.1, 0.15) is 0 Å². The molecule has 2 heterocycles. The Morgan fingerprint density at radius 3 is 2.60 bits per heavy atom. The highest BCUT2D eigenvalue weighted by Crippen LogP contribution is 2.59. The van der Waals surface area contributed by atoms with Crippen LogP contribution >= 0.6 is 0 Å². The molecule has 2 aliphatic heterocycles. The number of fused-ring (bicyclic) bond motifs is 1. The minimum absolute atomic E-state index is 0.379. The van der Waals surface area contributed by atoms with Crippen LogP contribution in [0.5, 0.6) is 0 Å². The van der Waals surface area contributed by atoms with Crippen molar-refractivity contribution >= 4 is 5.91 Å². The lowest BCUT2D eigenvalue weighted by molar-refractivity contribution is -0.136. The summed E-state index contributed by atoms with van der Waals surface area (Å²) in [6, 6.07) is 0. The number of hydrogen-bond donors (Lipinski definition) is 1. The zero-order valence-electron chi connectivity index (χ0n) is 12.6. The van der Waals surface area contributed by atoms with Crippen LogP contribution in [0.2, 0.25) is 0 Å². The second-order valence-electron chi connectivity index (χ2n) is 7.75. The summed E-state index contributed by atoms with van der Waals surface area (Å²) in [5, 5.41) is 3.43. The van der Waals surface area contributed by atoms with Crippen molar-refractivity contribution in [2.24, 2.45) is 23.2 Å². The minimum atomic E-state index is 0.379. The van der Waals surface area contributed by atoms with Crippen LogP contribution < -0.4 is 5.32 Å². The quantitative estimate of drug-likeness (QED) is 0.797. The molecular weight excluding hydrogens is 248 g/mol. The van der Waals surface area contributed by atoms with Crippen LogP contribution in [0.15, 0.2) is 0 Å². The second-order valence-corrected chi connectivity index (χ2v) is 7.75. The first-order valence-corrected chi connectivity index (χ1v) is 8.78. The normalized spacial score (nSPS) is 39.4. The van der Waals surface area contributed by atoms with Crippen molar-refractivity contribution in [2.75, 3.05) is 26.2 Å². The summed E-state index contributed by atoms with van der Waals surface area (Å²) in [6.07, 6.45) is 10.5. The van der Waals surface area contributed by atoms with Gasteiger partial charge in [0.05, 0.1) is 0 Å². The lowest BCUT2D eigenvalue weighted by Gasteiger charge is -2.41. The molecule has 2 aliphatic carbocycles. The maximum absolute atomic E-state index is 12.8. The summed E-state index contributed by atoms with van der Waals surface area (Å²) in [4.78, 5) is 15.1. The molecule has 20 heavy (non-hydrogen) atoms. The first-order valence-electron chi connectivity index (χ1n) is 8.78. The fourth-order valence-corrected chi connectivity index (χ4v) is 5.20. The van der Waals surface area contributed by atoms with Gasteiger partial charge in [0.25, 0.3) is 0 Å². The molecule has 4 aliphatic rings. The Morgan fingerprint density at radius 1 is 1.05 bits per heavy atom. The standard InChI is InChI=1S/C17H28N2O/c20-16(15-11-17(15)6-8-18-9-7-17)19-10-5-13-3-1-2-4-14(13)12-19/h13-15,18H,1-12H2. The molecule has 3 heteroatoms. The highest BCUT2D eigenvalue weighted by atomic mass is 16.2. The maximum Gasteiger partial charge on any atom is 0.226 e. The number of carbonyl (C=O) groups is 1. The molecule has 0 aromatic rings. The predicted molar refractivity (Wildman–Crippen MR) is 79.3 cm³/mol. The summed E-state index contributed by atoms with van der Waals surface area (Å²) in [7, 11) is 0. The molecule has 0 aromatic carbocycles. The molecule has 0 bridgehead atoms. The van der Waals surface area contributed by atoms with E-state index in [9.17, 15) is 4.79 Å². The van der Waals surface area contributed by atoms with Gasteiger partial charge in [-0.25, -0.2) is 0 Å². The second kappa shape index (κ2) is 5.01. The van der Waals surface area contributed by atoms with Gasteiger partial charge in [-0.1, -0.05) is 19.3 Å². The third kappa shape index (κ3) is 2.18. The van der Waals surface area contributed by atoms with E-state index in [0.29, 0.717) is 17.2 Å². The molecule has 4 rings (SSSR count). The molecule has 3 unspecified atom stereocenters. The van der Waals surface area contributed by atoms with Gasteiger partial charge in [-0.15, -0.1) is 0 Å². The summed E-state index contributed by atoms with van der Waals surface area (Å²) < 4.78 is 0. The van der Waals surface area contributed by atoms with E-state index in [2.05, 4.69) is 10.2 Å². The topological polar surface area (TPSA) is 32.3 Å². The first kappa shape index (κ1) is 13.1. The summed E-state index contributed by atoms with van der Waals surface area (Å²) in [6.45, 7) is 4.36. The Kier molecular flexibility index (Phi) is 3.29. The van der Waals surface area contributed by atoms with Crippen molar-refractivity contribution in [2.45, 2.75) is 51.4 Å². The van der Waals surface area contributed by atoms with Crippen molar-refractivity contribution in [3.8, 4) is 0 Å². The van der Waals surface area contributed by atoms with Gasteiger partial charge in [0.2, 0.25) is 5.91 Å². The molecule has 4 fully saturated rings. The Morgan fingerprint density at radius 2 is 1.80 bits per heavy atom. The van der Waals surface area contributed by atoms with Crippen LogP contribution in [0.4, 0.5) is 0 Å². The lowest BCUT2D eigenvalue weighted by atomic mass is 9.75. The van der Waals surface area contributed by atoms with Gasteiger partial charge < -0.3 is 10.2 Å². The fourth-order valence-electron chi connectivity index (χ4n) is 5.20. The first-order chi connectivity index (χ1) is 9.78. The summed E-state index contributed by atoms with van der Waals surface area (Å²) >= 11 is 0. The van der Waals surface area contributed by atoms with Crippen LogP contribution in [0.3, 0.4) is 0 Å². The monoisotopic (exact) mass is 276 g/mol. The van der Waals surface area contributed by atoms with Gasteiger partial charge in [-0.2, -0.15) is 0 Å². The van der Waals surface area contributed by atoms with Crippen LogP contribution in [0.25, 0.3) is 0 Å². The zero-order valence-corrected chi connectivity index (χ0v) is 12.6. The number of piperidine rings is 2. The molecule has 1 amide bonds. The van der Waals surface area contributed by atoms with Crippen molar-refractivity contribution in [3.63, 3.8) is 0 Å². The number of amides is 1. The van der Waals surface area contributed by atoms with E-state index in [4.69, 9.17) is 0 Å². The minimum Gasteiger partial charge on any atom is -0.342 e. The maximum atomic E-state index is 12.8. The summed E-state index contributed by atoms with van der Waals surface area (Å²) in [5.74, 6) is 2.64. The fraction of sp³-hybridized carbons (Fsp3) is 0.941. The van der Waals surface area contributed by atoms with Crippen LogP contribution in [-0.4, -0.2) is 37.0 Å². The van der Waals surface area contributed by atoms with Gasteiger partial charge in [-0.05, 0) is 62.4 Å². The van der Waals surface area contributed by atoms with Crippen molar-refractivity contribution < 1.29 is 4.79 Å². The number of likely N-dealkylation sites (tertiary alicyclic amines) is 1. The Bertz CT molecular complexity index is 388. The van der Waals surface area contributed by atoms with Crippen LogP contribution in [0, 0.1) is 23.2 Å². The van der Waals surface area contributed by atoms with E-state index in [1.165, 1.54) is 51.4 Å². The van der Waals surface area contributed by atoms with E-state index >= 15 is 0 Å². The molecule has 1 spiro atoms. The van der Waals surface area contributed by atoms with E-state index < -0.39 is 0 Å². The smallest absolute Gasteiger partial charge is 0.226 e. The van der Waals surface area contributed by atoms with E-state index in [0.717, 1.165) is 38.0 Å². The number of carbonyl (C=O) groups excluding carboxylic acids is 1. The molecule has 0 aromatic heterocycles. The van der Waals surface area contributed by atoms with Gasteiger partial charge in [0, 0.05) is 19.0 Å². The molecule has 0 radical (unpaired) electrons. The number of rotatable bonds is 1.